The lowest BCUT2D eigenvalue weighted by Crippen LogP contribution is -2.04. The Morgan fingerprint density at radius 1 is 1.05 bits per heavy atom. The Kier molecular flexibility index (Phi) is 3.56. The predicted molar refractivity (Wildman–Crippen MR) is 87.6 cm³/mol. The van der Waals surface area contributed by atoms with E-state index in [4.69, 9.17) is 5.73 Å². The maximum absolute atomic E-state index is 6.05. The number of anilines is 2. The summed E-state index contributed by atoms with van der Waals surface area (Å²) in [6.07, 6.45) is 1.70. The summed E-state index contributed by atoms with van der Waals surface area (Å²) in [6, 6.07) is 16.1. The van der Waals surface area contributed by atoms with Crippen LogP contribution in [0.3, 0.4) is 0 Å². The van der Waals surface area contributed by atoms with Crippen LogP contribution >= 0.6 is 15.9 Å². The molecule has 0 atom stereocenters. The minimum absolute atomic E-state index is 0.663. The van der Waals surface area contributed by atoms with Crippen LogP contribution in [-0.2, 0) is 6.54 Å². The van der Waals surface area contributed by atoms with Gasteiger partial charge in [-0.3, -0.25) is 4.98 Å². The van der Waals surface area contributed by atoms with Gasteiger partial charge in [-0.2, -0.15) is 0 Å². The van der Waals surface area contributed by atoms with Crippen molar-refractivity contribution in [3.05, 3.63) is 64.8 Å². The summed E-state index contributed by atoms with van der Waals surface area (Å²) in [5, 5.41) is 4.46. The fourth-order valence-electron chi connectivity index (χ4n) is 2.18. The second-order valence-electron chi connectivity index (χ2n) is 4.55. The number of rotatable bonds is 3. The zero-order valence-corrected chi connectivity index (χ0v) is 12.4. The Balaban J connectivity index is 1.95. The predicted octanol–water partition coefficient (Wildman–Crippen LogP) is 4.19. The fourth-order valence-corrected chi connectivity index (χ4v) is 2.60. The van der Waals surface area contributed by atoms with Crippen molar-refractivity contribution in [3.63, 3.8) is 0 Å². The highest BCUT2D eigenvalue weighted by Gasteiger charge is 2.06. The van der Waals surface area contributed by atoms with Crippen LogP contribution in [0, 0.1) is 0 Å². The Labute approximate surface area is 126 Å². The molecule has 0 aliphatic heterocycles. The van der Waals surface area contributed by atoms with Crippen LogP contribution in [0.2, 0.25) is 0 Å². The smallest absolute Gasteiger partial charge is 0.0743 e. The van der Waals surface area contributed by atoms with E-state index >= 15 is 0 Å². The van der Waals surface area contributed by atoms with Crippen molar-refractivity contribution in [3.8, 4) is 0 Å². The van der Waals surface area contributed by atoms with Crippen molar-refractivity contribution in [2.75, 3.05) is 11.1 Å². The lowest BCUT2D eigenvalue weighted by Gasteiger charge is -2.13. The first kappa shape index (κ1) is 12.9. The summed E-state index contributed by atoms with van der Waals surface area (Å²) in [4.78, 5) is 4.34. The van der Waals surface area contributed by atoms with Crippen LogP contribution < -0.4 is 11.1 Å². The number of nitrogens with two attached hydrogens (primary N) is 1. The fraction of sp³-hybridized carbons (Fsp3) is 0.0625. The highest BCUT2D eigenvalue weighted by atomic mass is 79.9. The highest BCUT2D eigenvalue weighted by molar-refractivity contribution is 9.10. The van der Waals surface area contributed by atoms with Gasteiger partial charge in [-0.1, -0.05) is 52.3 Å². The Morgan fingerprint density at radius 3 is 2.65 bits per heavy atom. The maximum atomic E-state index is 6.05. The lowest BCUT2D eigenvalue weighted by molar-refractivity contribution is 1.14. The van der Waals surface area contributed by atoms with Gasteiger partial charge in [-0.05, 0) is 17.7 Å². The molecule has 0 unspecified atom stereocenters. The summed E-state index contributed by atoms with van der Waals surface area (Å²) in [5.74, 6) is 0. The molecule has 0 radical (unpaired) electrons. The number of nitrogens with one attached hydrogen (secondary N) is 1. The molecule has 3 nitrogen and oxygen atoms in total. The Hall–Kier alpha value is -2.07. The first-order valence-electron chi connectivity index (χ1n) is 6.36. The van der Waals surface area contributed by atoms with Gasteiger partial charge in [-0.15, -0.1) is 0 Å². The molecule has 20 heavy (non-hydrogen) atoms. The van der Waals surface area contributed by atoms with E-state index < -0.39 is 0 Å². The molecule has 0 bridgehead atoms. The van der Waals surface area contributed by atoms with Gasteiger partial charge in [-0.25, -0.2) is 0 Å². The second-order valence-corrected chi connectivity index (χ2v) is 5.40. The lowest BCUT2D eigenvalue weighted by atomic mass is 10.1. The number of benzene rings is 2. The van der Waals surface area contributed by atoms with E-state index in [-0.39, 0.29) is 0 Å². The third kappa shape index (κ3) is 2.47. The van der Waals surface area contributed by atoms with Gasteiger partial charge in [0.15, 0.2) is 0 Å². The number of nitrogens with zero attached hydrogens (tertiary/aromatic N) is 1. The highest BCUT2D eigenvalue weighted by Crippen LogP contribution is 2.28. The molecular formula is C16H14BrN3. The largest absolute Gasteiger partial charge is 0.396 e. The normalized spacial score (nSPS) is 10.7. The first-order valence-corrected chi connectivity index (χ1v) is 7.15. The van der Waals surface area contributed by atoms with Crippen LogP contribution in [0.15, 0.2) is 59.2 Å². The van der Waals surface area contributed by atoms with Crippen LogP contribution in [-0.4, -0.2) is 4.98 Å². The average Bonchev–Trinajstić information content (AvgIpc) is 2.48. The number of pyridine rings is 1. The topological polar surface area (TPSA) is 50.9 Å². The van der Waals surface area contributed by atoms with Crippen molar-refractivity contribution < 1.29 is 0 Å². The molecule has 1 aromatic heterocycles. The minimum atomic E-state index is 0.663. The van der Waals surface area contributed by atoms with E-state index in [1.165, 1.54) is 5.56 Å². The zero-order chi connectivity index (χ0) is 13.9. The third-order valence-corrected chi connectivity index (χ3v) is 3.99. The molecule has 3 aromatic rings. The number of halogens is 1. The summed E-state index contributed by atoms with van der Waals surface area (Å²) < 4.78 is 1.09. The van der Waals surface area contributed by atoms with Crippen LogP contribution in [0.5, 0.6) is 0 Å². The molecule has 3 rings (SSSR count). The molecule has 0 saturated heterocycles. The van der Waals surface area contributed by atoms with Gasteiger partial charge < -0.3 is 11.1 Å². The van der Waals surface area contributed by atoms with Crippen LogP contribution in [0.1, 0.15) is 5.56 Å². The standard InChI is InChI=1S/C16H14BrN3/c17-13-7-3-1-5-11(13)9-20-16-12-6-2-4-8-15(12)19-10-14(16)18/h1-8,10H,9,18H2,(H,19,20). The van der Waals surface area contributed by atoms with E-state index in [1.54, 1.807) is 6.20 Å². The van der Waals surface area contributed by atoms with Gasteiger partial charge >= 0.3 is 0 Å². The quantitative estimate of drug-likeness (QED) is 0.758. The average molecular weight is 328 g/mol. The molecule has 0 fully saturated rings. The molecule has 3 N–H and O–H groups in total. The SMILES string of the molecule is Nc1cnc2ccccc2c1NCc1ccccc1Br. The third-order valence-electron chi connectivity index (χ3n) is 3.22. The van der Waals surface area contributed by atoms with Gasteiger partial charge in [0.1, 0.15) is 0 Å². The molecule has 0 aliphatic carbocycles. The van der Waals surface area contributed by atoms with Crippen molar-refractivity contribution in [1.82, 2.24) is 4.98 Å². The number of para-hydroxylation sites is 1. The summed E-state index contributed by atoms with van der Waals surface area (Å²) in [6.45, 7) is 0.708. The van der Waals surface area contributed by atoms with E-state index in [2.05, 4.69) is 32.3 Å². The second kappa shape index (κ2) is 5.51. The minimum Gasteiger partial charge on any atom is -0.396 e. The number of aromatic nitrogens is 1. The van der Waals surface area contributed by atoms with Crippen molar-refractivity contribution in [2.24, 2.45) is 0 Å². The number of nitrogen functional groups attached to an aromatic ring is 1. The van der Waals surface area contributed by atoms with Crippen molar-refractivity contribution in [2.45, 2.75) is 6.54 Å². The molecular weight excluding hydrogens is 314 g/mol. The molecule has 0 spiro atoms. The van der Waals surface area contributed by atoms with Crippen molar-refractivity contribution >= 4 is 38.2 Å². The number of hydrogen-bond donors (Lipinski definition) is 2. The van der Waals surface area contributed by atoms with Crippen LogP contribution in [0.4, 0.5) is 11.4 Å². The summed E-state index contributed by atoms with van der Waals surface area (Å²) in [5.41, 5.74) is 9.78. The van der Waals surface area contributed by atoms with E-state index in [9.17, 15) is 0 Å². The first-order chi connectivity index (χ1) is 9.75. The maximum Gasteiger partial charge on any atom is 0.0743 e. The molecule has 0 aliphatic rings. The summed E-state index contributed by atoms with van der Waals surface area (Å²) >= 11 is 3.55. The van der Waals surface area contributed by atoms with E-state index in [0.29, 0.717) is 12.2 Å². The van der Waals surface area contributed by atoms with Crippen LogP contribution in [0.25, 0.3) is 10.9 Å². The van der Waals surface area contributed by atoms with Gasteiger partial charge in [0.25, 0.3) is 0 Å². The molecule has 1 heterocycles. The molecule has 0 saturated carbocycles. The Bertz CT molecular complexity index is 756. The van der Waals surface area contributed by atoms with Gasteiger partial charge in [0.2, 0.25) is 0 Å². The van der Waals surface area contributed by atoms with Gasteiger partial charge in [0.05, 0.1) is 23.1 Å². The van der Waals surface area contributed by atoms with Gasteiger partial charge in [0, 0.05) is 16.4 Å². The van der Waals surface area contributed by atoms with Crippen molar-refractivity contribution in [1.29, 1.82) is 0 Å². The van der Waals surface area contributed by atoms with E-state index in [1.807, 2.05) is 42.5 Å². The molecule has 4 heteroatoms. The summed E-state index contributed by atoms with van der Waals surface area (Å²) in [7, 11) is 0. The zero-order valence-electron chi connectivity index (χ0n) is 10.8. The molecule has 0 amide bonds. The molecule has 2 aromatic carbocycles. The molecule has 100 valence electrons. The monoisotopic (exact) mass is 327 g/mol. The number of hydrogen-bond acceptors (Lipinski definition) is 3. The van der Waals surface area contributed by atoms with E-state index in [0.717, 1.165) is 21.1 Å². The Morgan fingerprint density at radius 2 is 1.80 bits per heavy atom. The number of fused-ring (bicyclic) bond motifs is 1.